The van der Waals surface area contributed by atoms with Crippen LogP contribution in [0, 0.1) is 22.7 Å². The van der Waals surface area contributed by atoms with Crippen molar-refractivity contribution in [3.63, 3.8) is 0 Å². The predicted octanol–water partition coefficient (Wildman–Crippen LogP) is 4.41. The van der Waals surface area contributed by atoms with E-state index in [-0.39, 0.29) is 34.0 Å². The molecule has 5 heteroatoms. The molecule has 2 N–H and O–H groups in total. The molecular formula is C29H41NO4. The average Bonchev–Trinajstić information content (AvgIpc) is 3.53. The zero-order valence-corrected chi connectivity index (χ0v) is 21.5. The maximum atomic E-state index is 12.2. The Hall–Kier alpha value is -1.30. The van der Waals surface area contributed by atoms with Gasteiger partial charge in [0, 0.05) is 42.0 Å². The van der Waals surface area contributed by atoms with E-state index < -0.39 is 11.2 Å². The summed E-state index contributed by atoms with van der Waals surface area (Å²) in [5.74, 6) is 1.80. The lowest BCUT2D eigenvalue weighted by Crippen LogP contribution is -2.83. The normalized spacial score (nSPS) is 43.9. The maximum absolute atomic E-state index is 12.2. The number of methoxy groups -OCH3 is 1. The molecule has 4 bridgehead atoms. The van der Waals surface area contributed by atoms with Crippen LogP contribution in [-0.2, 0) is 16.6 Å². The fraction of sp³-hybridized carbons (Fsp3) is 0.793. The van der Waals surface area contributed by atoms with Crippen molar-refractivity contribution in [3.05, 3.63) is 23.3 Å². The highest BCUT2D eigenvalue weighted by molar-refractivity contribution is 5.63. The van der Waals surface area contributed by atoms with Gasteiger partial charge in [-0.05, 0) is 81.4 Å². The first kappa shape index (κ1) is 21.9. The van der Waals surface area contributed by atoms with Gasteiger partial charge in [-0.2, -0.15) is 0 Å². The van der Waals surface area contributed by atoms with Gasteiger partial charge in [0.15, 0.2) is 11.5 Å². The molecule has 5 aliphatic carbocycles. The highest BCUT2D eigenvalue weighted by Crippen LogP contribution is 2.78. The van der Waals surface area contributed by atoms with Gasteiger partial charge in [-0.3, -0.25) is 4.90 Å². The van der Waals surface area contributed by atoms with Crippen LogP contribution in [0.25, 0.3) is 0 Å². The van der Waals surface area contributed by atoms with Crippen LogP contribution in [-0.4, -0.2) is 58.7 Å². The highest BCUT2D eigenvalue weighted by atomic mass is 16.6. The third-order valence-corrected chi connectivity index (χ3v) is 11.9. The summed E-state index contributed by atoms with van der Waals surface area (Å²) in [4.78, 5) is 2.82. The molecule has 0 amide bonds. The number of nitrogens with zero attached hydrogens (tertiary/aromatic N) is 1. The number of aromatic hydroxyl groups is 1. The maximum Gasteiger partial charge on any atom is 0.165 e. The Morgan fingerprint density at radius 2 is 1.91 bits per heavy atom. The first-order valence-electron chi connectivity index (χ1n) is 13.6. The van der Waals surface area contributed by atoms with Crippen LogP contribution >= 0.6 is 0 Å². The van der Waals surface area contributed by atoms with E-state index >= 15 is 0 Å². The molecule has 2 aliphatic heterocycles. The molecule has 34 heavy (non-hydrogen) atoms. The smallest absolute Gasteiger partial charge is 0.165 e. The molecule has 186 valence electrons. The molecule has 7 aliphatic rings. The Labute approximate surface area is 203 Å². The molecule has 5 fully saturated rings. The van der Waals surface area contributed by atoms with Crippen LogP contribution in [0.2, 0.25) is 0 Å². The molecule has 4 saturated carbocycles. The number of hydrogen-bond acceptors (Lipinski definition) is 5. The summed E-state index contributed by atoms with van der Waals surface area (Å²) in [6.45, 7) is 10.8. The number of phenolic OH excluding ortho intramolecular Hbond substituents is 1. The Morgan fingerprint density at radius 1 is 1.15 bits per heavy atom. The molecule has 2 spiro atoms. The minimum absolute atomic E-state index is 0.0294. The van der Waals surface area contributed by atoms with Crippen LogP contribution in [0.1, 0.15) is 77.3 Å². The Balaban J connectivity index is 1.47. The summed E-state index contributed by atoms with van der Waals surface area (Å²) in [6.07, 6.45) is 7.64. The molecule has 1 saturated heterocycles. The van der Waals surface area contributed by atoms with Crippen LogP contribution in [0.4, 0.5) is 0 Å². The van der Waals surface area contributed by atoms with Crippen molar-refractivity contribution in [2.24, 2.45) is 22.7 Å². The number of piperidine rings is 1. The van der Waals surface area contributed by atoms with Crippen LogP contribution in [0.3, 0.4) is 0 Å². The van der Waals surface area contributed by atoms with Gasteiger partial charge in [-0.15, -0.1) is 0 Å². The molecule has 8 rings (SSSR count). The second-order valence-electron chi connectivity index (χ2n) is 13.8. The second kappa shape index (κ2) is 6.33. The third-order valence-electron chi connectivity index (χ3n) is 11.9. The fourth-order valence-electron chi connectivity index (χ4n) is 9.58. The Morgan fingerprint density at radius 3 is 2.59 bits per heavy atom. The molecule has 1 aromatic carbocycles. The summed E-state index contributed by atoms with van der Waals surface area (Å²) in [7, 11) is 1.83. The molecule has 1 unspecified atom stereocenters. The van der Waals surface area contributed by atoms with Crippen molar-refractivity contribution in [1.29, 1.82) is 0 Å². The molecule has 0 radical (unpaired) electrons. The number of ether oxygens (including phenoxy) is 2. The van der Waals surface area contributed by atoms with Gasteiger partial charge in [0.2, 0.25) is 0 Å². The number of aliphatic hydroxyl groups is 1. The lowest BCUT2D eigenvalue weighted by atomic mass is 9.33. The van der Waals surface area contributed by atoms with E-state index in [9.17, 15) is 10.2 Å². The summed E-state index contributed by atoms with van der Waals surface area (Å²) < 4.78 is 13.5. The van der Waals surface area contributed by atoms with Crippen LogP contribution < -0.4 is 4.74 Å². The second-order valence-corrected chi connectivity index (χ2v) is 13.8. The molecule has 0 aromatic heterocycles. The molecule has 1 aromatic rings. The van der Waals surface area contributed by atoms with Gasteiger partial charge in [0.1, 0.15) is 11.7 Å². The Bertz CT molecular complexity index is 1060. The number of benzene rings is 1. The predicted molar refractivity (Wildman–Crippen MR) is 130 cm³/mol. The lowest BCUT2D eigenvalue weighted by Gasteiger charge is -2.75. The minimum atomic E-state index is -0.909. The fourth-order valence-corrected chi connectivity index (χ4v) is 9.58. The van der Waals surface area contributed by atoms with Crippen molar-refractivity contribution >= 4 is 0 Å². The molecule has 7 atom stereocenters. The van der Waals surface area contributed by atoms with Gasteiger partial charge in [-0.1, -0.05) is 26.8 Å². The van der Waals surface area contributed by atoms with Crippen molar-refractivity contribution in [1.82, 2.24) is 4.90 Å². The molecular weight excluding hydrogens is 426 g/mol. The van der Waals surface area contributed by atoms with Gasteiger partial charge in [-0.25, -0.2) is 0 Å². The van der Waals surface area contributed by atoms with Crippen LogP contribution in [0.5, 0.6) is 11.5 Å². The first-order chi connectivity index (χ1) is 16.0. The number of likely N-dealkylation sites (tertiary alicyclic amines) is 1. The first-order valence-corrected chi connectivity index (χ1v) is 13.6. The van der Waals surface area contributed by atoms with Gasteiger partial charge < -0.3 is 19.7 Å². The van der Waals surface area contributed by atoms with Crippen LogP contribution in [0.15, 0.2) is 12.1 Å². The SMILES string of the molecule is CO[C@]12CC[C@]3(C[C@H]1C(C)(O)C(C)(C)C)[C@H]1Cc4ccc(O)c5c4[C@@]3(CCN1CC1CC1)[C@H]2O5. The largest absolute Gasteiger partial charge is 0.504 e. The van der Waals surface area contributed by atoms with Crippen molar-refractivity contribution < 1.29 is 19.7 Å². The third kappa shape index (κ3) is 2.25. The van der Waals surface area contributed by atoms with E-state index in [1.807, 2.05) is 20.1 Å². The van der Waals surface area contributed by atoms with Crippen molar-refractivity contribution in [3.8, 4) is 11.5 Å². The minimum Gasteiger partial charge on any atom is -0.504 e. The topological polar surface area (TPSA) is 62.2 Å². The number of phenols is 1. The number of fused-ring (bicyclic) bond motifs is 2. The van der Waals surface area contributed by atoms with E-state index in [0.717, 1.165) is 44.6 Å². The summed E-state index contributed by atoms with van der Waals surface area (Å²) >= 11 is 0. The summed E-state index contributed by atoms with van der Waals surface area (Å²) in [6, 6.07) is 4.46. The quantitative estimate of drug-likeness (QED) is 0.687. The highest BCUT2D eigenvalue weighted by Gasteiger charge is 2.82. The number of rotatable bonds is 4. The summed E-state index contributed by atoms with van der Waals surface area (Å²) in [5.41, 5.74) is 0.783. The summed E-state index contributed by atoms with van der Waals surface area (Å²) in [5, 5.41) is 23.2. The van der Waals surface area contributed by atoms with Gasteiger partial charge in [0.05, 0.1) is 5.60 Å². The molecule has 2 heterocycles. The van der Waals surface area contributed by atoms with E-state index in [0.29, 0.717) is 11.8 Å². The van der Waals surface area contributed by atoms with Crippen molar-refractivity contribution in [2.45, 2.75) is 101 Å². The average molecular weight is 468 g/mol. The van der Waals surface area contributed by atoms with Gasteiger partial charge >= 0.3 is 0 Å². The standard InChI is InChI=1S/C29H41NO4/c1-25(2,3)26(4,32)20-15-27-10-11-29(20,33-5)24-28(27)12-13-30(16-17-6-7-17)21(27)14-18-8-9-19(31)23(34-24)22(18)28/h8-9,17,20-21,24,31-32H,6-7,10-16H2,1-5H3/t20-,21+,24+,26?,27-,28-,29+/m0/s1. The van der Waals surface area contributed by atoms with E-state index in [4.69, 9.17) is 9.47 Å². The van der Waals surface area contributed by atoms with E-state index in [2.05, 4.69) is 31.7 Å². The number of hydrogen-bond donors (Lipinski definition) is 2. The Kier molecular flexibility index (Phi) is 4.08. The van der Waals surface area contributed by atoms with E-state index in [1.54, 1.807) is 0 Å². The molecule has 5 nitrogen and oxygen atoms in total. The van der Waals surface area contributed by atoms with E-state index in [1.165, 1.54) is 30.5 Å². The zero-order valence-electron chi connectivity index (χ0n) is 21.5. The zero-order chi connectivity index (χ0) is 23.9. The monoisotopic (exact) mass is 467 g/mol. The lowest BCUT2D eigenvalue weighted by molar-refractivity contribution is -0.312. The van der Waals surface area contributed by atoms with Crippen molar-refractivity contribution in [2.75, 3.05) is 20.2 Å². The van der Waals surface area contributed by atoms with Gasteiger partial charge in [0.25, 0.3) is 0 Å².